The largest absolute Gasteiger partial charge is 0.390 e. The molecule has 0 amide bonds. The van der Waals surface area contributed by atoms with Gasteiger partial charge in [-0.3, -0.25) is 4.79 Å². The first-order valence-electron chi connectivity index (χ1n) is 4.74. The van der Waals surface area contributed by atoms with E-state index in [1.807, 2.05) is 0 Å². The SMILES string of the molecule is C=CC(=O)OC(=O)CC(=C)C(=O)OC(=O)C(=C)C. The van der Waals surface area contributed by atoms with E-state index in [-0.39, 0.29) is 11.1 Å². The molecule has 18 heavy (non-hydrogen) atoms. The van der Waals surface area contributed by atoms with Crippen LogP contribution >= 0.6 is 0 Å². The van der Waals surface area contributed by atoms with Crippen LogP contribution in [0.5, 0.6) is 0 Å². The molecular formula is C12H12O6. The summed E-state index contributed by atoms with van der Waals surface area (Å²) < 4.78 is 8.52. The van der Waals surface area contributed by atoms with Gasteiger partial charge in [0.15, 0.2) is 0 Å². The van der Waals surface area contributed by atoms with Crippen molar-refractivity contribution in [2.45, 2.75) is 13.3 Å². The van der Waals surface area contributed by atoms with Gasteiger partial charge in [0.05, 0.1) is 6.42 Å². The van der Waals surface area contributed by atoms with Crippen LogP contribution in [0.2, 0.25) is 0 Å². The second-order valence-electron chi connectivity index (χ2n) is 3.23. The fourth-order valence-electron chi connectivity index (χ4n) is 0.680. The van der Waals surface area contributed by atoms with Crippen LogP contribution in [0.4, 0.5) is 0 Å². The number of hydrogen-bond donors (Lipinski definition) is 0. The highest BCUT2D eigenvalue weighted by Gasteiger charge is 2.18. The number of ether oxygens (including phenoxy) is 2. The number of rotatable bonds is 5. The van der Waals surface area contributed by atoms with Crippen molar-refractivity contribution in [1.29, 1.82) is 0 Å². The van der Waals surface area contributed by atoms with E-state index in [4.69, 9.17) is 0 Å². The standard InChI is InChI=1S/C12H12O6/c1-5-9(13)17-10(14)6-8(4)12(16)18-11(15)7(2)3/h5H,1-2,4,6H2,3H3. The average molecular weight is 252 g/mol. The van der Waals surface area contributed by atoms with Crippen LogP contribution in [0.3, 0.4) is 0 Å². The van der Waals surface area contributed by atoms with E-state index in [0.29, 0.717) is 0 Å². The van der Waals surface area contributed by atoms with Crippen LogP contribution in [-0.2, 0) is 28.7 Å². The number of carbonyl (C=O) groups is 4. The molecule has 0 saturated heterocycles. The maximum Gasteiger partial charge on any atom is 0.341 e. The Morgan fingerprint density at radius 1 is 1.06 bits per heavy atom. The summed E-state index contributed by atoms with van der Waals surface area (Å²) in [5.41, 5.74) is -0.285. The Morgan fingerprint density at radius 3 is 2.06 bits per heavy atom. The number of carbonyl (C=O) groups excluding carboxylic acids is 4. The fraction of sp³-hybridized carbons (Fsp3) is 0.167. The van der Waals surface area contributed by atoms with Gasteiger partial charge in [-0.05, 0) is 6.92 Å². The number of hydrogen-bond acceptors (Lipinski definition) is 6. The topological polar surface area (TPSA) is 86.7 Å². The molecule has 0 aromatic heterocycles. The van der Waals surface area contributed by atoms with Gasteiger partial charge in [0, 0.05) is 17.2 Å². The van der Waals surface area contributed by atoms with Crippen LogP contribution in [0.1, 0.15) is 13.3 Å². The van der Waals surface area contributed by atoms with Crippen molar-refractivity contribution in [1.82, 2.24) is 0 Å². The Balaban J connectivity index is 4.33. The Morgan fingerprint density at radius 2 is 1.61 bits per heavy atom. The molecule has 0 saturated carbocycles. The minimum absolute atomic E-state index is 0.0283. The monoisotopic (exact) mass is 252 g/mol. The van der Waals surface area contributed by atoms with Gasteiger partial charge < -0.3 is 9.47 Å². The molecule has 0 aliphatic heterocycles. The molecule has 6 heteroatoms. The maximum atomic E-state index is 11.3. The molecule has 0 bridgehead atoms. The molecule has 6 nitrogen and oxygen atoms in total. The quantitative estimate of drug-likeness (QED) is 0.409. The molecule has 0 fully saturated rings. The third-order valence-corrected chi connectivity index (χ3v) is 1.56. The van der Waals surface area contributed by atoms with Crippen LogP contribution in [0.25, 0.3) is 0 Å². The van der Waals surface area contributed by atoms with Gasteiger partial charge in [-0.25, -0.2) is 14.4 Å². The van der Waals surface area contributed by atoms with Gasteiger partial charge >= 0.3 is 23.9 Å². The van der Waals surface area contributed by atoms with Gasteiger partial charge in [-0.15, -0.1) is 0 Å². The van der Waals surface area contributed by atoms with E-state index in [1.54, 1.807) is 0 Å². The van der Waals surface area contributed by atoms with Crippen LogP contribution in [0, 0.1) is 0 Å². The summed E-state index contributed by atoms with van der Waals surface area (Å²) >= 11 is 0. The zero-order chi connectivity index (χ0) is 14.3. The molecule has 0 aromatic carbocycles. The number of esters is 4. The lowest BCUT2D eigenvalue weighted by Crippen LogP contribution is -2.18. The molecule has 0 heterocycles. The van der Waals surface area contributed by atoms with Gasteiger partial charge in [0.2, 0.25) is 0 Å². The zero-order valence-corrected chi connectivity index (χ0v) is 9.86. The maximum absolute atomic E-state index is 11.3. The van der Waals surface area contributed by atoms with Gasteiger partial charge in [0.25, 0.3) is 0 Å². The Bertz CT molecular complexity index is 443. The third kappa shape index (κ3) is 5.55. The van der Waals surface area contributed by atoms with E-state index in [2.05, 4.69) is 29.2 Å². The molecule has 0 aliphatic carbocycles. The molecule has 0 rings (SSSR count). The lowest BCUT2D eigenvalue weighted by Gasteiger charge is -2.04. The Hall–Kier alpha value is -2.50. The fourth-order valence-corrected chi connectivity index (χ4v) is 0.680. The summed E-state index contributed by atoms with van der Waals surface area (Å²) in [7, 11) is 0. The van der Waals surface area contributed by atoms with Gasteiger partial charge in [-0.2, -0.15) is 0 Å². The highest BCUT2D eigenvalue weighted by molar-refractivity contribution is 6.03. The Kier molecular flexibility index (Phi) is 5.98. The molecule has 0 radical (unpaired) electrons. The highest BCUT2D eigenvalue weighted by Crippen LogP contribution is 2.05. The first-order valence-corrected chi connectivity index (χ1v) is 4.74. The van der Waals surface area contributed by atoms with Crippen LogP contribution in [0.15, 0.2) is 37.0 Å². The van der Waals surface area contributed by atoms with Crippen LogP contribution in [-0.4, -0.2) is 23.9 Å². The van der Waals surface area contributed by atoms with Crippen molar-refractivity contribution in [3.8, 4) is 0 Å². The van der Waals surface area contributed by atoms with Crippen molar-refractivity contribution in [3.05, 3.63) is 37.0 Å². The predicted octanol–water partition coefficient (Wildman–Crippen LogP) is 0.834. The second-order valence-corrected chi connectivity index (χ2v) is 3.23. The van der Waals surface area contributed by atoms with E-state index in [0.717, 1.165) is 6.08 Å². The molecule has 96 valence electrons. The third-order valence-electron chi connectivity index (χ3n) is 1.56. The summed E-state index contributed by atoms with van der Waals surface area (Å²) in [5.74, 6) is -3.94. The summed E-state index contributed by atoms with van der Waals surface area (Å²) in [6, 6.07) is 0. The first kappa shape index (κ1) is 15.5. The Labute approximate surface area is 104 Å². The summed E-state index contributed by atoms with van der Waals surface area (Å²) in [6.07, 6.45) is 0.228. The first-order chi connectivity index (χ1) is 8.27. The van der Waals surface area contributed by atoms with Crippen molar-refractivity contribution in [3.63, 3.8) is 0 Å². The minimum Gasteiger partial charge on any atom is -0.390 e. The predicted molar refractivity (Wildman–Crippen MR) is 61.0 cm³/mol. The molecule has 0 aromatic rings. The van der Waals surface area contributed by atoms with Gasteiger partial charge in [0.1, 0.15) is 0 Å². The summed E-state index contributed by atoms with van der Waals surface area (Å²) in [6.45, 7) is 11.0. The molecule has 0 unspecified atom stereocenters. The van der Waals surface area contributed by atoms with E-state index < -0.39 is 30.3 Å². The zero-order valence-electron chi connectivity index (χ0n) is 9.86. The molecule has 0 spiro atoms. The highest BCUT2D eigenvalue weighted by atomic mass is 16.6. The smallest absolute Gasteiger partial charge is 0.341 e. The van der Waals surface area contributed by atoms with E-state index in [1.165, 1.54) is 6.92 Å². The van der Waals surface area contributed by atoms with Crippen molar-refractivity contribution in [2.24, 2.45) is 0 Å². The van der Waals surface area contributed by atoms with E-state index >= 15 is 0 Å². The molecular weight excluding hydrogens is 240 g/mol. The van der Waals surface area contributed by atoms with E-state index in [9.17, 15) is 19.2 Å². The second kappa shape index (κ2) is 6.95. The van der Waals surface area contributed by atoms with Crippen molar-refractivity contribution >= 4 is 23.9 Å². The molecule has 0 atom stereocenters. The van der Waals surface area contributed by atoms with Crippen molar-refractivity contribution < 1.29 is 28.7 Å². The molecule has 0 N–H and O–H groups in total. The summed E-state index contributed by atoms with van der Waals surface area (Å²) in [5, 5.41) is 0. The lowest BCUT2D eigenvalue weighted by atomic mass is 10.2. The summed E-state index contributed by atoms with van der Waals surface area (Å²) in [4.78, 5) is 44.0. The average Bonchev–Trinajstić information content (AvgIpc) is 2.27. The van der Waals surface area contributed by atoms with Gasteiger partial charge in [-0.1, -0.05) is 19.7 Å². The molecule has 0 aliphatic rings. The van der Waals surface area contributed by atoms with Crippen LogP contribution < -0.4 is 0 Å². The lowest BCUT2D eigenvalue weighted by molar-refractivity contribution is -0.159. The minimum atomic E-state index is -1.08. The van der Waals surface area contributed by atoms with Crippen molar-refractivity contribution in [2.75, 3.05) is 0 Å². The normalized spacial score (nSPS) is 8.94.